The van der Waals surface area contributed by atoms with Crippen LogP contribution in [0.3, 0.4) is 0 Å². The summed E-state index contributed by atoms with van der Waals surface area (Å²) in [6.45, 7) is 4.41. The number of nitrogens with zero attached hydrogens (tertiary/aromatic N) is 4. The predicted molar refractivity (Wildman–Crippen MR) is 126 cm³/mol. The van der Waals surface area contributed by atoms with E-state index in [1.807, 2.05) is 23.1 Å². The summed E-state index contributed by atoms with van der Waals surface area (Å²) in [5.74, 6) is 1.87. The van der Waals surface area contributed by atoms with Crippen molar-refractivity contribution in [3.05, 3.63) is 46.8 Å². The first-order valence-electron chi connectivity index (χ1n) is 9.15. The molecular formula is C19H27IN6OS. The topological polar surface area (TPSA) is 72.9 Å². The third kappa shape index (κ3) is 6.62. The van der Waals surface area contributed by atoms with Gasteiger partial charge in [0.25, 0.3) is 0 Å². The van der Waals surface area contributed by atoms with Crippen molar-refractivity contribution in [2.45, 2.75) is 13.0 Å². The Kier molecular flexibility index (Phi) is 9.48. The number of aliphatic imine (C=N–C) groups is 1. The highest BCUT2D eigenvalue weighted by Gasteiger charge is 2.21. The molecule has 0 unspecified atom stereocenters. The van der Waals surface area contributed by atoms with Crippen LogP contribution in [0.2, 0.25) is 0 Å². The van der Waals surface area contributed by atoms with Crippen LogP contribution in [0.5, 0.6) is 0 Å². The fourth-order valence-electron chi connectivity index (χ4n) is 2.97. The number of hydrogen-bond donors (Lipinski definition) is 2. The van der Waals surface area contributed by atoms with Crippen LogP contribution >= 0.6 is 35.3 Å². The second-order valence-corrected chi connectivity index (χ2v) is 7.07. The van der Waals surface area contributed by atoms with Crippen molar-refractivity contribution >= 4 is 53.0 Å². The molecule has 1 amide bonds. The van der Waals surface area contributed by atoms with Gasteiger partial charge in [-0.05, 0) is 34.5 Å². The van der Waals surface area contributed by atoms with Gasteiger partial charge >= 0.3 is 0 Å². The number of anilines is 1. The summed E-state index contributed by atoms with van der Waals surface area (Å²) in [6.07, 6.45) is 2.26. The number of pyridine rings is 1. The van der Waals surface area contributed by atoms with Crippen molar-refractivity contribution < 1.29 is 4.79 Å². The molecule has 1 aliphatic heterocycles. The Morgan fingerprint density at radius 1 is 1.21 bits per heavy atom. The average molecular weight is 514 g/mol. The Bertz CT molecular complexity index is 732. The highest BCUT2D eigenvalue weighted by molar-refractivity contribution is 14.0. The normalized spacial score (nSPS) is 14.4. The summed E-state index contributed by atoms with van der Waals surface area (Å²) in [4.78, 5) is 25.2. The number of rotatable bonds is 6. The first kappa shape index (κ1) is 22.4. The second-order valence-electron chi connectivity index (χ2n) is 6.29. The third-order valence-corrected chi connectivity index (χ3v) is 5.23. The molecule has 0 bridgehead atoms. The average Bonchev–Trinajstić information content (AvgIpc) is 3.25. The van der Waals surface area contributed by atoms with Gasteiger partial charge in [0.05, 0.1) is 0 Å². The van der Waals surface area contributed by atoms with E-state index in [-0.39, 0.29) is 29.9 Å². The molecule has 1 aliphatic rings. The minimum atomic E-state index is 0. The van der Waals surface area contributed by atoms with E-state index in [0.29, 0.717) is 18.9 Å². The van der Waals surface area contributed by atoms with Crippen molar-refractivity contribution in [3.63, 3.8) is 0 Å². The maximum absolute atomic E-state index is 12.4. The van der Waals surface area contributed by atoms with Crippen molar-refractivity contribution in [2.24, 2.45) is 4.99 Å². The van der Waals surface area contributed by atoms with Crippen LogP contribution in [0, 0.1) is 0 Å². The molecule has 3 heterocycles. The summed E-state index contributed by atoms with van der Waals surface area (Å²) >= 11 is 1.68. The molecule has 28 heavy (non-hydrogen) atoms. The highest BCUT2D eigenvalue weighted by Crippen LogP contribution is 2.12. The molecule has 0 saturated carbocycles. The molecule has 9 heteroatoms. The molecule has 2 N–H and O–H groups in total. The van der Waals surface area contributed by atoms with Crippen LogP contribution in [-0.2, 0) is 11.3 Å². The molecular weight excluding hydrogens is 487 g/mol. The second kappa shape index (κ2) is 11.8. The van der Waals surface area contributed by atoms with E-state index in [9.17, 15) is 4.79 Å². The van der Waals surface area contributed by atoms with Gasteiger partial charge in [-0.1, -0.05) is 6.07 Å². The van der Waals surface area contributed by atoms with Crippen molar-refractivity contribution in [1.29, 1.82) is 0 Å². The molecule has 0 radical (unpaired) electrons. The highest BCUT2D eigenvalue weighted by atomic mass is 127. The van der Waals surface area contributed by atoms with Crippen LogP contribution in [0.25, 0.3) is 0 Å². The molecule has 1 saturated heterocycles. The van der Waals surface area contributed by atoms with E-state index in [1.54, 1.807) is 24.6 Å². The molecule has 1 fully saturated rings. The largest absolute Gasteiger partial charge is 0.356 e. The zero-order valence-corrected chi connectivity index (χ0v) is 19.2. The molecule has 0 aliphatic carbocycles. The van der Waals surface area contributed by atoms with Gasteiger partial charge in [0.2, 0.25) is 5.91 Å². The van der Waals surface area contributed by atoms with Gasteiger partial charge in [-0.3, -0.25) is 9.79 Å². The number of carbonyl (C=O) groups excluding carboxylic acids is 1. The number of nitrogens with one attached hydrogen (secondary N) is 2. The Morgan fingerprint density at radius 2 is 2.04 bits per heavy atom. The molecule has 7 nitrogen and oxygen atoms in total. The zero-order chi connectivity index (χ0) is 18.9. The van der Waals surface area contributed by atoms with Crippen LogP contribution < -0.4 is 15.5 Å². The monoisotopic (exact) mass is 514 g/mol. The number of thiophene rings is 1. The Balaban J connectivity index is 0.00000280. The van der Waals surface area contributed by atoms with E-state index in [4.69, 9.17) is 0 Å². The molecule has 3 rings (SSSR count). The Morgan fingerprint density at radius 3 is 2.68 bits per heavy atom. The van der Waals surface area contributed by atoms with Gasteiger partial charge in [0, 0.05) is 58.9 Å². The molecule has 0 aromatic carbocycles. The maximum Gasteiger partial charge on any atom is 0.224 e. The lowest BCUT2D eigenvalue weighted by Crippen LogP contribution is -2.49. The fourth-order valence-corrected chi connectivity index (χ4v) is 3.64. The first-order valence-corrected chi connectivity index (χ1v) is 10.1. The molecule has 152 valence electrons. The van der Waals surface area contributed by atoms with E-state index in [2.05, 4.69) is 42.3 Å². The lowest BCUT2D eigenvalue weighted by molar-refractivity contribution is -0.131. The lowest BCUT2D eigenvalue weighted by Gasteiger charge is -2.35. The van der Waals surface area contributed by atoms with Crippen molar-refractivity contribution in [2.75, 3.05) is 44.7 Å². The van der Waals surface area contributed by atoms with Gasteiger partial charge in [-0.25, -0.2) is 4.98 Å². The number of hydrogen-bond acceptors (Lipinski definition) is 5. The minimum Gasteiger partial charge on any atom is -0.356 e. The van der Waals surface area contributed by atoms with Crippen LogP contribution in [0.4, 0.5) is 5.82 Å². The Labute approximate surface area is 187 Å². The predicted octanol–water partition coefficient (Wildman–Crippen LogP) is 2.17. The smallest absolute Gasteiger partial charge is 0.224 e. The van der Waals surface area contributed by atoms with Crippen molar-refractivity contribution in [3.8, 4) is 0 Å². The number of carbonyl (C=O) groups is 1. The maximum atomic E-state index is 12.4. The first-order chi connectivity index (χ1) is 13.3. The van der Waals surface area contributed by atoms with E-state index >= 15 is 0 Å². The van der Waals surface area contributed by atoms with E-state index in [0.717, 1.165) is 38.5 Å². The number of halogens is 1. The standard InChI is InChI=1S/C19H26N6OS.HI/c1-20-19(23-14-16-6-13-27-15-16)22-8-5-18(26)25-11-9-24(10-12-25)17-4-2-3-7-21-17;/h2-4,6-7,13,15H,5,8-12,14H2,1H3,(H2,20,22,23);1H. The van der Waals surface area contributed by atoms with Gasteiger partial charge in [-0.2, -0.15) is 11.3 Å². The van der Waals surface area contributed by atoms with Gasteiger partial charge in [-0.15, -0.1) is 24.0 Å². The molecule has 0 spiro atoms. The minimum absolute atomic E-state index is 0. The molecule has 2 aromatic rings. The number of amides is 1. The Hall–Kier alpha value is -1.88. The summed E-state index contributed by atoms with van der Waals surface area (Å²) in [5, 5.41) is 10.6. The third-order valence-electron chi connectivity index (χ3n) is 4.50. The van der Waals surface area contributed by atoms with E-state index in [1.165, 1.54) is 5.56 Å². The number of piperazine rings is 1. The summed E-state index contributed by atoms with van der Waals surface area (Å²) < 4.78 is 0. The number of guanidine groups is 1. The zero-order valence-electron chi connectivity index (χ0n) is 16.0. The molecule has 0 atom stereocenters. The number of aromatic nitrogens is 1. The quantitative estimate of drug-likeness (QED) is 0.351. The van der Waals surface area contributed by atoms with Crippen LogP contribution in [0.1, 0.15) is 12.0 Å². The van der Waals surface area contributed by atoms with Crippen molar-refractivity contribution in [1.82, 2.24) is 20.5 Å². The van der Waals surface area contributed by atoms with Gasteiger partial charge in [0.15, 0.2) is 5.96 Å². The fraction of sp³-hybridized carbons (Fsp3) is 0.421. The summed E-state index contributed by atoms with van der Waals surface area (Å²) in [7, 11) is 1.74. The van der Waals surface area contributed by atoms with Crippen LogP contribution in [-0.4, -0.2) is 61.5 Å². The lowest BCUT2D eigenvalue weighted by atomic mass is 10.2. The summed E-state index contributed by atoms with van der Waals surface area (Å²) in [6, 6.07) is 8.00. The van der Waals surface area contributed by atoms with Crippen LogP contribution in [0.15, 0.2) is 46.2 Å². The summed E-state index contributed by atoms with van der Waals surface area (Å²) in [5.41, 5.74) is 1.23. The molecule has 2 aromatic heterocycles. The van der Waals surface area contributed by atoms with Gasteiger partial charge < -0.3 is 20.4 Å². The van der Waals surface area contributed by atoms with E-state index < -0.39 is 0 Å². The SMILES string of the molecule is CN=C(NCCC(=O)N1CCN(c2ccccn2)CC1)NCc1ccsc1.I. The van der Waals surface area contributed by atoms with Gasteiger partial charge in [0.1, 0.15) is 5.82 Å².